The van der Waals surface area contributed by atoms with Crippen LogP contribution in [0.2, 0.25) is 0 Å². The second kappa shape index (κ2) is 6.14. The fourth-order valence-corrected chi connectivity index (χ4v) is 1.67. The summed E-state index contributed by atoms with van der Waals surface area (Å²) in [5, 5.41) is 9.52. The first-order valence-corrected chi connectivity index (χ1v) is 5.46. The Morgan fingerprint density at radius 1 is 1.43 bits per heavy atom. The van der Waals surface area contributed by atoms with Crippen molar-refractivity contribution in [2.75, 3.05) is 13.6 Å². The highest BCUT2D eigenvalue weighted by atomic mass is 16.3. The van der Waals surface area contributed by atoms with Crippen molar-refractivity contribution in [2.24, 2.45) is 5.92 Å². The molecule has 1 N–H and O–H groups in total. The lowest BCUT2D eigenvalue weighted by molar-refractivity contribution is -0.128. The number of nitrogens with zero attached hydrogens (tertiary/aromatic N) is 1. The Balaban J connectivity index is 0.000000791. The molecular formula is C11H23NO2. The van der Waals surface area contributed by atoms with Gasteiger partial charge in [0.25, 0.3) is 0 Å². The summed E-state index contributed by atoms with van der Waals surface area (Å²) in [6, 6.07) is -0.259. The molecule has 1 aliphatic rings. The predicted octanol–water partition coefficient (Wildman–Crippen LogP) is 1.30. The lowest BCUT2D eigenvalue weighted by Gasteiger charge is -2.22. The second-order valence-electron chi connectivity index (χ2n) is 3.84. The number of rotatable bonds is 2. The van der Waals surface area contributed by atoms with Crippen LogP contribution in [0, 0.1) is 5.92 Å². The number of Topliss-reactive ketones (excluding diaryl/α,β-unsaturated/α-hetero) is 1. The number of likely N-dealkylation sites (N-methyl/N-ethyl adjacent to an activating group) is 1. The number of carbonyl (C=O) groups excluding carboxylic acids is 1. The molecule has 0 bridgehead atoms. The molecule has 0 aromatic carbocycles. The smallest absolute Gasteiger partial charge is 0.155 e. The molecule has 0 saturated carbocycles. The molecule has 3 nitrogen and oxygen atoms in total. The van der Waals surface area contributed by atoms with Gasteiger partial charge in [0.2, 0.25) is 0 Å². The van der Waals surface area contributed by atoms with Crippen LogP contribution in [-0.2, 0) is 4.79 Å². The lowest BCUT2D eigenvalue weighted by Crippen LogP contribution is -2.41. The summed E-state index contributed by atoms with van der Waals surface area (Å²) in [4.78, 5) is 13.5. The number of aliphatic hydroxyl groups excluding tert-OH is 1. The fourth-order valence-electron chi connectivity index (χ4n) is 1.67. The molecule has 1 aliphatic heterocycles. The maximum absolute atomic E-state index is 11.6. The van der Waals surface area contributed by atoms with Crippen LogP contribution in [0.3, 0.4) is 0 Å². The van der Waals surface area contributed by atoms with Gasteiger partial charge in [-0.05, 0) is 13.5 Å². The second-order valence-corrected chi connectivity index (χ2v) is 3.84. The molecule has 1 fully saturated rings. The van der Waals surface area contributed by atoms with Gasteiger partial charge >= 0.3 is 0 Å². The number of carbonyl (C=O) groups is 1. The van der Waals surface area contributed by atoms with Crippen molar-refractivity contribution < 1.29 is 9.90 Å². The van der Waals surface area contributed by atoms with Crippen LogP contribution < -0.4 is 0 Å². The third-order valence-electron chi connectivity index (χ3n) is 2.48. The van der Waals surface area contributed by atoms with Crippen LogP contribution in [0.15, 0.2) is 0 Å². The minimum atomic E-state index is -0.454. The van der Waals surface area contributed by atoms with Gasteiger partial charge in [0.1, 0.15) is 0 Å². The number of likely N-dealkylation sites (tertiary alicyclic amines) is 1. The van der Waals surface area contributed by atoms with Crippen LogP contribution in [0.1, 0.15) is 34.1 Å². The van der Waals surface area contributed by atoms with E-state index in [0.717, 1.165) is 13.0 Å². The van der Waals surface area contributed by atoms with Crippen molar-refractivity contribution in [3.63, 3.8) is 0 Å². The molecule has 3 heteroatoms. The average Bonchev–Trinajstić information content (AvgIpc) is 2.48. The quantitative estimate of drug-likeness (QED) is 0.732. The predicted molar refractivity (Wildman–Crippen MR) is 58.2 cm³/mol. The van der Waals surface area contributed by atoms with Crippen LogP contribution in [0.4, 0.5) is 0 Å². The van der Waals surface area contributed by atoms with Crippen molar-refractivity contribution in [3.05, 3.63) is 0 Å². The zero-order valence-corrected chi connectivity index (χ0v) is 9.95. The van der Waals surface area contributed by atoms with Crippen molar-refractivity contribution in [3.8, 4) is 0 Å². The third-order valence-corrected chi connectivity index (χ3v) is 2.48. The summed E-state index contributed by atoms with van der Waals surface area (Å²) >= 11 is 0. The van der Waals surface area contributed by atoms with Crippen molar-refractivity contribution in [1.82, 2.24) is 4.90 Å². The van der Waals surface area contributed by atoms with Crippen molar-refractivity contribution >= 4 is 5.78 Å². The number of ketones is 1. The molecule has 0 radical (unpaired) electrons. The van der Waals surface area contributed by atoms with Crippen LogP contribution in [0.25, 0.3) is 0 Å². The maximum Gasteiger partial charge on any atom is 0.155 e. The summed E-state index contributed by atoms with van der Waals surface area (Å²) in [6.07, 6.45) is 0.268. The Kier molecular flexibility index (Phi) is 5.96. The first-order valence-electron chi connectivity index (χ1n) is 5.46. The summed E-state index contributed by atoms with van der Waals surface area (Å²) in [5.74, 6) is 0.174. The van der Waals surface area contributed by atoms with E-state index >= 15 is 0 Å². The van der Waals surface area contributed by atoms with E-state index in [4.69, 9.17) is 0 Å². The Bertz CT molecular complexity index is 170. The Labute approximate surface area is 87.1 Å². The van der Waals surface area contributed by atoms with Crippen LogP contribution in [-0.4, -0.2) is 41.5 Å². The average molecular weight is 201 g/mol. The first-order chi connectivity index (χ1) is 6.54. The summed E-state index contributed by atoms with van der Waals surface area (Å²) in [5.41, 5.74) is 0. The Morgan fingerprint density at radius 2 is 1.93 bits per heavy atom. The lowest BCUT2D eigenvalue weighted by atomic mass is 9.98. The standard InChI is InChI=1S/C9H17NO2.C2H6/c1-6(2)9(12)8-7(11)4-5-10(8)3;1-2/h6-8,11H,4-5H2,1-3H3;1-2H3. The van der Waals surface area contributed by atoms with E-state index in [1.807, 2.05) is 39.6 Å². The van der Waals surface area contributed by atoms with Crippen molar-refractivity contribution in [1.29, 1.82) is 0 Å². The molecular weight excluding hydrogens is 178 g/mol. The molecule has 84 valence electrons. The van der Waals surface area contributed by atoms with Gasteiger partial charge < -0.3 is 5.11 Å². The maximum atomic E-state index is 11.6. The minimum absolute atomic E-state index is 0.0187. The van der Waals surface area contributed by atoms with E-state index < -0.39 is 6.10 Å². The number of hydrogen-bond donors (Lipinski definition) is 1. The monoisotopic (exact) mass is 201 g/mol. The number of hydrogen-bond acceptors (Lipinski definition) is 3. The van der Waals surface area contributed by atoms with Gasteiger partial charge in [-0.1, -0.05) is 27.7 Å². The fraction of sp³-hybridized carbons (Fsp3) is 0.909. The van der Waals surface area contributed by atoms with Gasteiger partial charge in [-0.3, -0.25) is 9.69 Å². The largest absolute Gasteiger partial charge is 0.391 e. The highest BCUT2D eigenvalue weighted by molar-refractivity contribution is 5.86. The van der Waals surface area contributed by atoms with E-state index in [2.05, 4.69) is 0 Å². The molecule has 0 spiro atoms. The normalized spacial score (nSPS) is 27.4. The van der Waals surface area contributed by atoms with E-state index in [1.54, 1.807) is 0 Å². The molecule has 0 aliphatic carbocycles. The molecule has 2 unspecified atom stereocenters. The van der Waals surface area contributed by atoms with Gasteiger partial charge in [-0.25, -0.2) is 0 Å². The Morgan fingerprint density at radius 3 is 2.21 bits per heavy atom. The van der Waals surface area contributed by atoms with Gasteiger partial charge in [-0.15, -0.1) is 0 Å². The zero-order valence-electron chi connectivity index (χ0n) is 9.95. The Hall–Kier alpha value is -0.410. The van der Waals surface area contributed by atoms with E-state index in [-0.39, 0.29) is 17.7 Å². The molecule has 1 rings (SSSR count). The van der Waals surface area contributed by atoms with Gasteiger partial charge in [-0.2, -0.15) is 0 Å². The summed E-state index contributed by atoms with van der Waals surface area (Å²) in [7, 11) is 1.89. The first kappa shape index (κ1) is 13.6. The zero-order chi connectivity index (χ0) is 11.3. The third kappa shape index (κ3) is 3.07. The van der Waals surface area contributed by atoms with Gasteiger partial charge in [0.15, 0.2) is 5.78 Å². The SMILES string of the molecule is CC.CC(C)C(=O)C1C(O)CCN1C. The molecule has 0 aromatic heterocycles. The van der Waals surface area contributed by atoms with Crippen LogP contribution >= 0.6 is 0 Å². The molecule has 2 atom stereocenters. The number of aliphatic hydroxyl groups is 1. The molecule has 14 heavy (non-hydrogen) atoms. The molecule has 1 saturated heterocycles. The van der Waals surface area contributed by atoms with Gasteiger partial charge in [0, 0.05) is 12.5 Å². The van der Waals surface area contributed by atoms with E-state index in [0.29, 0.717) is 0 Å². The van der Waals surface area contributed by atoms with E-state index in [9.17, 15) is 9.90 Å². The van der Waals surface area contributed by atoms with Crippen molar-refractivity contribution in [2.45, 2.75) is 46.3 Å². The minimum Gasteiger partial charge on any atom is -0.391 e. The molecule has 0 aromatic rings. The highest BCUT2D eigenvalue weighted by Crippen LogP contribution is 2.19. The molecule has 0 amide bonds. The van der Waals surface area contributed by atoms with E-state index in [1.165, 1.54) is 0 Å². The summed E-state index contributed by atoms with van der Waals surface area (Å²) in [6.45, 7) is 8.58. The van der Waals surface area contributed by atoms with Gasteiger partial charge in [0.05, 0.1) is 12.1 Å². The molecule has 1 heterocycles. The highest BCUT2D eigenvalue weighted by Gasteiger charge is 2.36. The topological polar surface area (TPSA) is 40.5 Å². The van der Waals surface area contributed by atoms with Crippen LogP contribution in [0.5, 0.6) is 0 Å². The summed E-state index contributed by atoms with van der Waals surface area (Å²) < 4.78 is 0.